The van der Waals surface area contributed by atoms with Crippen LogP contribution in [0.15, 0.2) is 18.2 Å². The number of hydrogen-bond donors (Lipinski definition) is 1. The summed E-state index contributed by atoms with van der Waals surface area (Å²) in [5.74, 6) is -0.921. The van der Waals surface area contributed by atoms with E-state index in [4.69, 9.17) is 9.84 Å². The Kier molecular flexibility index (Phi) is 6.58. The summed E-state index contributed by atoms with van der Waals surface area (Å²) < 4.78 is 5.53. The average molecular weight is 254 g/mol. The number of thiophene rings is 1. The maximum Gasteiger partial charge on any atom is 0.328 e. The number of carboxylic acids is 1. The van der Waals surface area contributed by atoms with Crippen molar-refractivity contribution in [3.63, 3.8) is 0 Å². The number of rotatable bonds is 8. The summed E-state index contributed by atoms with van der Waals surface area (Å²) in [6.45, 7) is 3.58. The third-order valence-corrected chi connectivity index (χ3v) is 3.23. The third kappa shape index (κ3) is 6.24. The van der Waals surface area contributed by atoms with Crippen LogP contribution < -0.4 is 0 Å². The van der Waals surface area contributed by atoms with Crippen LogP contribution in [0.5, 0.6) is 0 Å². The number of hydrogen-bond acceptors (Lipinski definition) is 3. The lowest BCUT2D eigenvalue weighted by Gasteiger charge is -2.00. The van der Waals surface area contributed by atoms with Crippen molar-refractivity contribution in [2.75, 3.05) is 6.61 Å². The number of ether oxygens (including phenoxy) is 1. The maximum atomic E-state index is 10.3. The lowest BCUT2D eigenvalue weighted by atomic mass is 10.3. The van der Waals surface area contributed by atoms with E-state index in [1.54, 1.807) is 17.4 Å². The van der Waals surface area contributed by atoms with Gasteiger partial charge in [-0.05, 0) is 24.6 Å². The van der Waals surface area contributed by atoms with Crippen LogP contribution in [0.25, 0.3) is 6.08 Å². The molecule has 0 amide bonds. The van der Waals surface area contributed by atoms with Gasteiger partial charge in [0.2, 0.25) is 0 Å². The molecule has 1 aromatic heterocycles. The van der Waals surface area contributed by atoms with Crippen LogP contribution in [0.3, 0.4) is 0 Å². The first-order chi connectivity index (χ1) is 8.22. The predicted octanol–water partition coefficient (Wildman–Crippen LogP) is 3.55. The van der Waals surface area contributed by atoms with E-state index in [0.29, 0.717) is 6.61 Å². The van der Waals surface area contributed by atoms with Crippen LogP contribution in [0.2, 0.25) is 0 Å². The van der Waals surface area contributed by atoms with Gasteiger partial charge in [0.05, 0.1) is 6.61 Å². The second-order valence-electron chi connectivity index (χ2n) is 3.74. The fourth-order valence-electron chi connectivity index (χ4n) is 1.34. The van der Waals surface area contributed by atoms with E-state index in [9.17, 15) is 4.79 Å². The molecule has 0 saturated heterocycles. The minimum atomic E-state index is -0.921. The quantitative estimate of drug-likeness (QED) is 0.570. The minimum absolute atomic E-state index is 0.620. The summed E-state index contributed by atoms with van der Waals surface area (Å²) in [6.07, 6.45) is 6.27. The van der Waals surface area contributed by atoms with Gasteiger partial charge in [-0.25, -0.2) is 4.79 Å². The van der Waals surface area contributed by atoms with Crippen LogP contribution in [-0.2, 0) is 16.1 Å². The Morgan fingerprint density at radius 2 is 2.29 bits per heavy atom. The summed E-state index contributed by atoms with van der Waals surface area (Å²) >= 11 is 1.56. The summed E-state index contributed by atoms with van der Waals surface area (Å²) in [5.41, 5.74) is 0. The number of aliphatic carboxylic acids is 1. The Labute approximate surface area is 106 Å². The second-order valence-corrected chi connectivity index (χ2v) is 4.94. The molecule has 3 nitrogen and oxygen atoms in total. The van der Waals surface area contributed by atoms with Gasteiger partial charge in [-0.1, -0.05) is 19.8 Å². The van der Waals surface area contributed by atoms with Crippen molar-refractivity contribution in [3.05, 3.63) is 28.0 Å². The molecule has 4 heteroatoms. The molecule has 0 spiro atoms. The number of carboxylic acid groups (broad SMARTS) is 1. The van der Waals surface area contributed by atoms with Crippen molar-refractivity contribution >= 4 is 23.4 Å². The van der Waals surface area contributed by atoms with Gasteiger partial charge in [0, 0.05) is 22.4 Å². The number of carbonyl (C=O) groups is 1. The second kappa shape index (κ2) is 8.03. The van der Waals surface area contributed by atoms with Gasteiger partial charge in [-0.2, -0.15) is 0 Å². The molecule has 1 rings (SSSR count). The molecule has 0 aliphatic carbocycles. The van der Waals surface area contributed by atoms with Crippen molar-refractivity contribution in [2.24, 2.45) is 0 Å². The van der Waals surface area contributed by atoms with E-state index in [1.807, 2.05) is 12.1 Å². The molecule has 0 aliphatic rings. The van der Waals surface area contributed by atoms with E-state index in [2.05, 4.69) is 6.92 Å². The van der Waals surface area contributed by atoms with E-state index < -0.39 is 5.97 Å². The van der Waals surface area contributed by atoms with Crippen molar-refractivity contribution in [3.8, 4) is 0 Å². The monoisotopic (exact) mass is 254 g/mol. The average Bonchev–Trinajstić information content (AvgIpc) is 2.74. The SMILES string of the molecule is CCCCCOCc1ccc(C=CC(=O)O)s1. The van der Waals surface area contributed by atoms with Gasteiger partial charge < -0.3 is 9.84 Å². The first kappa shape index (κ1) is 13.9. The van der Waals surface area contributed by atoms with Crippen molar-refractivity contribution < 1.29 is 14.6 Å². The highest BCUT2D eigenvalue weighted by Crippen LogP contribution is 2.18. The van der Waals surface area contributed by atoms with Crippen LogP contribution >= 0.6 is 11.3 Å². The molecule has 94 valence electrons. The predicted molar refractivity (Wildman–Crippen MR) is 70.2 cm³/mol. The summed E-state index contributed by atoms with van der Waals surface area (Å²) in [7, 11) is 0. The summed E-state index contributed by atoms with van der Waals surface area (Å²) in [4.78, 5) is 12.4. The molecule has 1 aromatic rings. The molecule has 0 bridgehead atoms. The highest BCUT2D eigenvalue weighted by molar-refractivity contribution is 7.12. The van der Waals surface area contributed by atoms with Crippen LogP contribution in [0.4, 0.5) is 0 Å². The zero-order valence-corrected chi connectivity index (χ0v) is 10.8. The van der Waals surface area contributed by atoms with Crippen LogP contribution in [0.1, 0.15) is 35.9 Å². The van der Waals surface area contributed by atoms with Crippen LogP contribution in [0, 0.1) is 0 Å². The van der Waals surface area contributed by atoms with Crippen LogP contribution in [-0.4, -0.2) is 17.7 Å². The topological polar surface area (TPSA) is 46.5 Å². The highest BCUT2D eigenvalue weighted by atomic mass is 32.1. The summed E-state index contributed by atoms with van der Waals surface area (Å²) in [5, 5.41) is 8.50. The van der Waals surface area contributed by atoms with Gasteiger partial charge in [0.25, 0.3) is 0 Å². The highest BCUT2D eigenvalue weighted by Gasteiger charge is 1.98. The van der Waals surface area contributed by atoms with Gasteiger partial charge in [0.15, 0.2) is 0 Å². The maximum absolute atomic E-state index is 10.3. The van der Waals surface area contributed by atoms with Crippen molar-refractivity contribution in [1.29, 1.82) is 0 Å². The molecule has 0 aliphatic heterocycles. The summed E-state index contributed by atoms with van der Waals surface area (Å²) in [6, 6.07) is 3.89. The van der Waals surface area contributed by atoms with E-state index in [1.165, 1.54) is 12.8 Å². The van der Waals surface area contributed by atoms with E-state index >= 15 is 0 Å². The largest absolute Gasteiger partial charge is 0.478 e. The van der Waals surface area contributed by atoms with E-state index in [0.717, 1.165) is 28.9 Å². The molecule has 1 heterocycles. The van der Waals surface area contributed by atoms with Gasteiger partial charge in [-0.15, -0.1) is 11.3 Å². The van der Waals surface area contributed by atoms with Gasteiger partial charge in [-0.3, -0.25) is 0 Å². The Morgan fingerprint density at radius 1 is 1.47 bits per heavy atom. The lowest BCUT2D eigenvalue weighted by Crippen LogP contribution is -1.93. The smallest absolute Gasteiger partial charge is 0.328 e. The van der Waals surface area contributed by atoms with Crippen molar-refractivity contribution in [1.82, 2.24) is 0 Å². The Morgan fingerprint density at radius 3 is 3.00 bits per heavy atom. The molecule has 0 unspecified atom stereocenters. The Hall–Kier alpha value is -1.13. The fraction of sp³-hybridized carbons (Fsp3) is 0.462. The van der Waals surface area contributed by atoms with Crippen molar-refractivity contribution in [2.45, 2.75) is 32.8 Å². The first-order valence-corrected chi connectivity index (χ1v) is 6.61. The number of unbranched alkanes of at least 4 members (excludes halogenated alkanes) is 2. The molecule has 0 atom stereocenters. The Balaban J connectivity index is 2.28. The molecular weight excluding hydrogens is 236 g/mol. The molecular formula is C13H18O3S. The van der Waals surface area contributed by atoms with E-state index in [-0.39, 0.29) is 0 Å². The molecule has 0 fully saturated rings. The normalized spacial score (nSPS) is 11.1. The first-order valence-electron chi connectivity index (χ1n) is 5.80. The Bertz CT molecular complexity index is 368. The molecule has 0 aromatic carbocycles. The van der Waals surface area contributed by atoms with Gasteiger partial charge >= 0.3 is 5.97 Å². The molecule has 0 radical (unpaired) electrons. The molecule has 0 saturated carbocycles. The molecule has 1 N–H and O–H groups in total. The molecule has 17 heavy (non-hydrogen) atoms. The lowest BCUT2D eigenvalue weighted by molar-refractivity contribution is -0.131. The fourth-order valence-corrected chi connectivity index (χ4v) is 2.20. The van der Waals surface area contributed by atoms with Gasteiger partial charge in [0.1, 0.15) is 0 Å². The zero-order chi connectivity index (χ0) is 12.5. The zero-order valence-electron chi connectivity index (χ0n) is 10.0. The third-order valence-electron chi connectivity index (χ3n) is 2.21. The standard InChI is InChI=1S/C13H18O3S/c1-2-3-4-9-16-10-12-6-5-11(17-12)7-8-13(14)15/h5-8H,2-4,9-10H2,1H3,(H,14,15). The minimum Gasteiger partial charge on any atom is -0.478 e.